The largest absolute Gasteiger partial charge is 0.437 e. The number of rotatable bonds is 2. The Kier molecular flexibility index (Phi) is 4.31. The van der Waals surface area contributed by atoms with Gasteiger partial charge in [-0.2, -0.15) is 13.2 Å². The minimum atomic E-state index is -5.40. The van der Waals surface area contributed by atoms with Crippen molar-refractivity contribution in [3.8, 4) is 0 Å². The highest BCUT2D eigenvalue weighted by molar-refractivity contribution is 9.12. The van der Waals surface area contributed by atoms with Gasteiger partial charge >= 0.3 is 10.8 Å². The topological polar surface area (TPSA) is 0 Å². The van der Waals surface area contributed by atoms with Crippen molar-refractivity contribution >= 4 is 47.8 Å². The monoisotopic (exact) mass is 444 g/mol. The SMILES string of the molecule is FC(F)(F)[C@](F)(Br)[C@](F)(Br)c1ccc(Br)cc1. The van der Waals surface area contributed by atoms with E-state index < -0.39 is 20.9 Å². The summed E-state index contributed by atoms with van der Waals surface area (Å²) in [5, 5.41) is 0. The zero-order chi connectivity index (χ0) is 13.5. The Labute approximate surface area is 119 Å². The first kappa shape index (κ1) is 15.4. The summed E-state index contributed by atoms with van der Waals surface area (Å²) in [4.78, 5) is 0. The maximum absolute atomic E-state index is 14.0. The van der Waals surface area contributed by atoms with E-state index in [-0.39, 0.29) is 0 Å². The molecule has 0 radical (unpaired) electrons. The van der Waals surface area contributed by atoms with E-state index >= 15 is 0 Å². The lowest BCUT2D eigenvalue weighted by atomic mass is 10.1. The fourth-order valence-electron chi connectivity index (χ4n) is 1.02. The molecule has 96 valence electrons. The zero-order valence-electron chi connectivity index (χ0n) is 7.83. The lowest BCUT2D eigenvalue weighted by Gasteiger charge is -2.32. The summed E-state index contributed by atoms with van der Waals surface area (Å²) >= 11 is 6.94. The van der Waals surface area contributed by atoms with Gasteiger partial charge in [-0.3, -0.25) is 0 Å². The van der Waals surface area contributed by atoms with Crippen LogP contribution in [-0.4, -0.2) is 10.8 Å². The molecule has 1 rings (SSSR count). The van der Waals surface area contributed by atoms with Crippen LogP contribution in [0.4, 0.5) is 22.0 Å². The van der Waals surface area contributed by atoms with E-state index in [2.05, 4.69) is 31.9 Å². The van der Waals surface area contributed by atoms with Crippen molar-refractivity contribution in [3.63, 3.8) is 0 Å². The molecule has 0 saturated carbocycles. The molecular weight excluding hydrogens is 443 g/mol. The molecule has 0 nitrogen and oxygen atoms in total. The first-order chi connectivity index (χ1) is 7.50. The van der Waals surface area contributed by atoms with Gasteiger partial charge in [-0.1, -0.05) is 28.1 Å². The first-order valence-corrected chi connectivity index (χ1v) is 6.46. The molecule has 1 aromatic rings. The maximum atomic E-state index is 14.0. The predicted molar refractivity (Wildman–Crippen MR) is 64.7 cm³/mol. The maximum Gasteiger partial charge on any atom is 0.437 e. The van der Waals surface area contributed by atoms with Crippen LogP contribution >= 0.6 is 47.8 Å². The van der Waals surface area contributed by atoms with Gasteiger partial charge in [0.15, 0.2) is 0 Å². The second-order valence-corrected chi connectivity index (χ2v) is 6.25. The van der Waals surface area contributed by atoms with Crippen molar-refractivity contribution in [2.75, 3.05) is 0 Å². The average molecular weight is 447 g/mol. The molecule has 8 heteroatoms. The molecule has 0 aliphatic carbocycles. The van der Waals surface area contributed by atoms with Gasteiger partial charge in [0.2, 0.25) is 4.58 Å². The van der Waals surface area contributed by atoms with Gasteiger partial charge in [0, 0.05) is 10.0 Å². The molecule has 1 aromatic carbocycles. The highest BCUT2D eigenvalue weighted by atomic mass is 79.9. The third kappa shape index (κ3) is 2.84. The summed E-state index contributed by atoms with van der Waals surface area (Å²) in [7, 11) is 0. The average Bonchev–Trinajstić information content (AvgIpc) is 2.16. The summed E-state index contributed by atoms with van der Waals surface area (Å²) in [6.45, 7) is 0. The van der Waals surface area contributed by atoms with E-state index in [1.165, 1.54) is 12.1 Å². The summed E-state index contributed by atoms with van der Waals surface area (Å²) < 4.78 is 57.6. The van der Waals surface area contributed by atoms with E-state index in [1.54, 1.807) is 15.9 Å². The summed E-state index contributed by atoms with van der Waals surface area (Å²) in [5.41, 5.74) is -0.489. The van der Waals surface area contributed by atoms with Crippen LogP contribution in [0, 0.1) is 0 Å². The second-order valence-electron chi connectivity index (χ2n) is 3.15. The van der Waals surface area contributed by atoms with Crippen LogP contribution in [0.5, 0.6) is 0 Å². The van der Waals surface area contributed by atoms with Crippen LogP contribution in [-0.2, 0) is 4.58 Å². The lowest BCUT2D eigenvalue weighted by Crippen LogP contribution is -2.47. The Balaban J connectivity index is 3.23. The molecular formula is C9H4Br3F5. The van der Waals surface area contributed by atoms with Gasteiger partial charge in [-0.05, 0) is 44.0 Å². The molecule has 0 bridgehead atoms. The van der Waals surface area contributed by atoms with E-state index in [0.29, 0.717) is 4.47 Å². The Bertz CT molecular complexity index is 396. The van der Waals surface area contributed by atoms with Crippen LogP contribution in [0.1, 0.15) is 5.56 Å². The molecule has 0 N–H and O–H groups in total. The van der Waals surface area contributed by atoms with E-state index in [1.807, 2.05) is 0 Å². The highest BCUT2D eigenvalue weighted by Gasteiger charge is 2.68. The lowest BCUT2D eigenvalue weighted by molar-refractivity contribution is -0.214. The van der Waals surface area contributed by atoms with Crippen LogP contribution in [0.15, 0.2) is 28.7 Å². The molecule has 0 heterocycles. The number of alkyl halides is 7. The molecule has 0 amide bonds. The Morgan fingerprint density at radius 3 is 1.59 bits per heavy atom. The second kappa shape index (κ2) is 4.77. The number of hydrogen-bond acceptors (Lipinski definition) is 0. The zero-order valence-corrected chi connectivity index (χ0v) is 12.6. The van der Waals surface area contributed by atoms with E-state index in [9.17, 15) is 22.0 Å². The van der Waals surface area contributed by atoms with Crippen molar-refractivity contribution < 1.29 is 22.0 Å². The van der Waals surface area contributed by atoms with E-state index in [0.717, 1.165) is 12.1 Å². The first-order valence-electron chi connectivity index (χ1n) is 4.08. The minimum Gasteiger partial charge on any atom is -0.221 e. The predicted octanol–water partition coefficient (Wildman–Crippen LogP) is 5.59. The van der Waals surface area contributed by atoms with Crippen LogP contribution < -0.4 is 0 Å². The highest BCUT2D eigenvalue weighted by Crippen LogP contribution is 2.56. The van der Waals surface area contributed by atoms with Crippen molar-refractivity contribution in [1.29, 1.82) is 0 Å². The summed E-state index contributed by atoms with van der Waals surface area (Å²) in [6, 6.07) is 4.70. The number of hydrogen-bond donors (Lipinski definition) is 0. The summed E-state index contributed by atoms with van der Waals surface area (Å²) in [5.74, 6) is 0. The number of benzene rings is 1. The minimum absolute atomic E-state index is 0.489. The third-order valence-electron chi connectivity index (χ3n) is 1.96. The molecule has 0 fully saturated rings. The summed E-state index contributed by atoms with van der Waals surface area (Å²) in [6.07, 6.45) is -5.40. The van der Waals surface area contributed by atoms with Crippen molar-refractivity contribution in [1.82, 2.24) is 0 Å². The standard InChI is InChI=1S/C9H4Br3F5/c10-6-3-1-5(2-4-6)7(11,13)8(12,14)9(15,16)17/h1-4H/t7-,8-/m0/s1. The van der Waals surface area contributed by atoms with Gasteiger partial charge in [0.1, 0.15) is 0 Å². The molecule has 0 aliphatic rings. The van der Waals surface area contributed by atoms with Gasteiger partial charge in [0.05, 0.1) is 0 Å². The third-order valence-corrected chi connectivity index (χ3v) is 5.02. The molecule has 0 unspecified atom stereocenters. The number of halogens is 8. The van der Waals surface area contributed by atoms with Crippen molar-refractivity contribution in [3.05, 3.63) is 34.3 Å². The van der Waals surface area contributed by atoms with Crippen molar-refractivity contribution in [2.24, 2.45) is 0 Å². The molecule has 0 spiro atoms. The van der Waals surface area contributed by atoms with E-state index in [4.69, 9.17) is 0 Å². The molecule has 0 aliphatic heterocycles. The van der Waals surface area contributed by atoms with Crippen LogP contribution in [0.3, 0.4) is 0 Å². The Morgan fingerprint density at radius 1 is 0.824 bits per heavy atom. The molecule has 2 atom stereocenters. The fraction of sp³-hybridized carbons (Fsp3) is 0.333. The van der Waals surface area contributed by atoms with Crippen LogP contribution in [0.2, 0.25) is 0 Å². The van der Waals surface area contributed by atoms with Crippen LogP contribution in [0.25, 0.3) is 0 Å². The molecule has 0 aromatic heterocycles. The fourth-order valence-corrected chi connectivity index (χ4v) is 2.00. The van der Waals surface area contributed by atoms with Gasteiger partial charge in [-0.15, -0.1) is 0 Å². The normalized spacial score (nSPS) is 19.5. The van der Waals surface area contributed by atoms with Gasteiger partial charge in [-0.25, -0.2) is 8.78 Å². The molecule has 0 saturated heterocycles. The van der Waals surface area contributed by atoms with Gasteiger partial charge in [0.25, 0.3) is 0 Å². The van der Waals surface area contributed by atoms with Crippen molar-refractivity contribution in [2.45, 2.75) is 15.3 Å². The Morgan fingerprint density at radius 2 is 1.24 bits per heavy atom. The smallest absolute Gasteiger partial charge is 0.221 e. The molecule has 17 heavy (non-hydrogen) atoms. The quantitative estimate of drug-likeness (QED) is 0.410. The van der Waals surface area contributed by atoms with Gasteiger partial charge < -0.3 is 0 Å². The Hall–Kier alpha value is 0.310.